The van der Waals surface area contributed by atoms with Gasteiger partial charge in [-0.3, -0.25) is 0 Å². The van der Waals surface area contributed by atoms with Gasteiger partial charge in [0, 0.05) is 6.08 Å². The van der Waals surface area contributed by atoms with Gasteiger partial charge in [-0.25, -0.2) is 9.79 Å². The van der Waals surface area contributed by atoms with Crippen molar-refractivity contribution >= 4 is 47.2 Å². The molecule has 2 aromatic rings. The van der Waals surface area contributed by atoms with Crippen LogP contribution < -0.4 is 4.74 Å². The second-order valence-electron chi connectivity index (χ2n) is 5.12. The predicted octanol–water partition coefficient (Wildman–Crippen LogP) is 5.01. The monoisotopic (exact) mass is 373 g/mol. The van der Waals surface area contributed by atoms with E-state index >= 15 is 0 Å². The minimum Gasteiger partial charge on any atom is -0.497 e. The highest BCUT2D eigenvalue weighted by atomic mass is 35.5. The van der Waals surface area contributed by atoms with E-state index in [0.29, 0.717) is 15.6 Å². The van der Waals surface area contributed by atoms with Gasteiger partial charge in [0.15, 0.2) is 5.70 Å². The maximum atomic E-state index is 11.9. The van der Waals surface area contributed by atoms with Gasteiger partial charge >= 0.3 is 5.97 Å². The summed E-state index contributed by atoms with van der Waals surface area (Å²) in [7, 11) is 1.59. The molecule has 0 saturated carbocycles. The molecule has 1 aliphatic heterocycles. The average Bonchev–Trinajstić information content (AvgIpc) is 2.96. The quantitative estimate of drug-likeness (QED) is 0.558. The lowest BCUT2D eigenvalue weighted by molar-refractivity contribution is -0.129. The highest BCUT2D eigenvalue weighted by Gasteiger charge is 2.21. The Bertz CT molecular complexity index is 899. The van der Waals surface area contributed by atoms with E-state index in [1.165, 1.54) is 0 Å². The van der Waals surface area contributed by atoms with Gasteiger partial charge in [-0.05, 0) is 41.5 Å². The molecule has 6 heteroatoms. The van der Waals surface area contributed by atoms with Crippen LogP contribution in [0.3, 0.4) is 0 Å². The fourth-order valence-corrected chi connectivity index (χ4v) is 2.54. The van der Waals surface area contributed by atoms with Crippen LogP contribution in [0, 0.1) is 0 Å². The summed E-state index contributed by atoms with van der Waals surface area (Å²) in [5.74, 6) is 0.426. The van der Waals surface area contributed by atoms with E-state index in [2.05, 4.69) is 4.99 Å². The first-order chi connectivity index (χ1) is 12.1. The maximum Gasteiger partial charge on any atom is 0.363 e. The minimum atomic E-state index is -0.507. The van der Waals surface area contributed by atoms with Crippen molar-refractivity contribution < 1.29 is 14.3 Å². The van der Waals surface area contributed by atoms with Gasteiger partial charge in [0.05, 0.1) is 17.2 Å². The molecule has 4 nitrogen and oxygen atoms in total. The summed E-state index contributed by atoms with van der Waals surface area (Å²) in [6.07, 6.45) is 4.91. The molecular weight excluding hydrogens is 361 g/mol. The zero-order chi connectivity index (χ0) is 17.8. The number of halogens is 2. The number of carbonyl (C=O) groups is 1. The lowest BCUT2D eigenvalue weighted by Gasteiger charge is -1.99. The van der Waals surface area contributed by atoms with Gasteiger partial charge in [-0.2, -0.15) is 0 Å². The first-order valence-electron chi connectivity index (χ1n) is 7.35. The number of carbonyl (C=O) groups excluding carboxylic acids is 1. The summed E-state index contributed by atoms with van der Waals surface area (Å²) in [6, 6.07) is 12.5. The molecule has 2 aromatic carbocycles. The van der Waals surface area contributed by atoms with E-state index in [-0.39, 0.29) is 11.6 Å². The minimum absolute atomic E-state index is 0.195. The number of methoxy groups -OCH3 is 1. The standard InChI is InChI=1S/C19H13Cl2NO3/c1-24-14-8-5-12(6-9-14)11-16-19(23)25-17(22-16)10-7-13-3-2-4-15(20)18(13)21/h2-11H,1H3. The average molecular weight is 374 g/mol. The van der Waals surface area contributed by atoms with Crippen molar-refractivity contribution in [2.24, 2.45) is 4.99 Å². The molecule has 0 atom stereocenters. The van der Waals surface area contributed by atoms with Crippen LogP contribution >= 0.6 is 23.2 Å². The molecule has 0 N–H and O–H groups in total. The van der Waals surface area contributed by atoms with E-state index in [1.54, 1.807) is 55.7 Å². The summed E-state index contributed by atoms with van der Waals surface area (Å²) in [4.78, 5) is 16.1. The van der Waals surface area contributed by atoms with Gasteiger partial charge in [0.1, 0.15) is 5.75 Å². The van der Waals surface area contributed by atoms with Crippen LogP contribution in [0.25, 0.3) is 12.2 Å². The smallest absolute Gasteiger partial charge is 0.363 e. The molecule has 25 heavy (non-hydrogen) atoms. The highest BCUT2D eigenvalue weighted by Crippen LogP contribution is 2.26. The molecule has 126 valence electrons. The molecule has 3 rings (SSSR count). The van der Waals surface area contributed by atoms with Crippen molar-refractivity contribution in [3.8, 4) is 5.75 Å². The largest absolute Gasteiger partial charge is 0.497 e. The molecular formula is C19H13Cl2NO3. The Labute approximate surface area is 155 Å². The highest BCUT2D eigenvalue weighted by molar-refractivity contribution is 6.42. The lowest BCUT2D eigenvalue weighted by Crippen LogP contribution is -2.01. The number of aliphatic imine (C=N–C) groups is 1. The third kappa shape index (κ3) is 4.10. The zero-order valence-corrected chi connectivity index (χ0v) is 14.7. The van der Waals surface area contributed by atoms with Crippen LogP contribution in [0.1, 0.15) is 11.1 Å². The van der Waals surface area contributed by atoms with Crippen LogP contribution in [-0.2, 0) is 9.53 Å². The van der Waals surface area contributed by atoms with E-state index in [0.717, 1.165) is 11.3 Å². The summed E-state index contributed by atoms with van der Waals surface area (Å²) >= 11 is 12.1. The Morgan fingerprint density at radius 2 is 1.84 bits per heavy atom. The first-order valence-corrected chi connectivity index (χ1v) is 8.11. The Hall–Kier alpha value is -2.56. The number of benzene rings is 2. The van der Waals surface area contributed by atoms with E-state index in [9.17, 15) is 4.79 Å². The molecule has 0 fully saturated rings. The van der Waals surface area contributed by atoms with Crippen LogP contribution in [0.4, 0.5) is 0 Å². The number of cyclic esters (lactones) is 1. The van der Waals surface area contributed by atoms with Gasteiger partial charge in [0.25, 0.3) is 0 Å². The van der Waals surface area contributed by atoms with Crippen molar-refractivity contribution in [1.29, 1.82) is 0 Å². The summed E-state index contributed by atoms with van der Waals surface area (Å²) in [5, 5.41) is 0.883. The molecule has 0 unspecified atom stereocenters. The zero-order valence-electron chi connectivity index (χ0n) is 13.2. The SMILES string of the molecule is COc1ccc(C=C2N=C(C=Cc3cccc(Cl)c3Cl)OC2=O)cc1. The van der Waals surface area contributed by atoms with Crippen molar-refractivity contribution in [1.82, 2.24) is 0 Å². The molecule has 0 amide bonds. The first kappa shape index (κ1) is 17.3. The Kier molecular flexibility index (Phi) is 5.22. The van der Waals surface area contributed by atoms with Crippen LogP contribution in [0.5, 0.6) is 5.75 Å². The number of hydrogen-bond donors (Lipinski definition) is 0. The maximum absolute atomic E-state index is 11.9. The molecule has 1 aliphatic rings. The van der Waals surface area contributed by atoms with Crippen molar-refractivity contribution in [3.63, 3.8) is 0 Å². The molecule has 0 radical (unpaired) electrons. The Morgan fingerprint density at radius 3 is 2.56 bits per heavy atom. The van der Waals surface area contributed by atoms with E-state index in [1.807, 2.05) is 12.1 Å². The van der Waals surface area contributed by atoms with Crippen molar-refractivity contribution in [3.05, 3.63) is 75.4 Å². The normalized spacial score (nSPS) is 15.6. The van der Waals surface area contributed by atoms with Crippen LogP contribution in [-0.4, -0.2) is 19.0 Å². The predicted molar refractivity (Wildman–Crippen MR) is 100.0 cm³/mol. The molecule has 0 spiro atoms. The second kappa shape index (κ2) is 7.55. The van der Waals surface area contributed by atoms with E-state index < -0.39 is 5.97 Å². The third-order valence-electron chi connectivity index (χ3n) is 3.44. The van der Waals surface area contributed by atoms with E-state index in [4.69, 9.17) is 32.7 Å². The molecule has 1 heterocycles. The summed E-state index contributed by atoms with van der Waals surface area (Å²) in [6.45, 7) is 0. The van der Waals surface area contributed by atoms with Crippen molar-refractivity contribution in [2.75, 3.05) is 7.11 Å². The van der Waals surface area contributed by atoms with Crippen molar-refractivity contribution in [2.45, 2.75) is 0 Å². The number of rotatable bonds is 4. The Balaban J connectivity index is 1.81. The summed E-state index contributed by atoms with van der Waals surface area (Å²) in [5.41, 5.74) is 1.75. The van der Waals surface area contributed by atoms with Gasteiger partial charge in [0.2, 0.25) is 5.90 Å². The van der Waals surface area contributed by atoms with Crippen LogP contribution in [0.15, 0.2) is 59.2 Å². The Morgan fingerprint density at radius 1 is 1.08 bits per heavy atom. The number of nitrogens with zero attached hydrogens (tertiary/aromatic N) is 1. The molecule has 0 aromatic heterocycles. The van der Waals surface area contributed by atoms with Crippen LogP contribution in [0.2, 0.25) is 10.0 Å². The summed E-state index contributed by atoms with van der Waals surface area (Å²) < 4.78 is 10.2. The molecule has 0 saturated heterocycles. The fourth-order valence-electron chi connectivity index (χ4n) is 2.17. The van der Waals surface area contributed by atoms with Gasteiger partial charge < -0.3 is 9.47 Å². The second-order valence-corrected chi connectivity index (χ2v) is 5.90. The number of ether oxygens (including phenoxy) is 2. The number of hydrogen-bond acceptors (Lipinski definition) is 4. The number of esters is 1. The third-order valence-corrected chi connectivity index (χ3v) is 4.28. The van der Waals surface area contributed by atoms with Gasteiger partial charge in [-0.15, -0.1) is 0 Å². The fraction of sp³-hybridized carbons (Fsp3) is 0.0526. The topological polar surface area (TPSA) is 47.9 Å². The van der Waals surface area contributed by atoms with Gasteiger partial charge in [-0.1, -0.05) is 47.5 Å². The lowest BCUT2D eigenvalue weighted by atomic mass is 10.2. The molecule has 0 bridgehead atoms. The molecule has 0 aliphatic carbocycles.